The monoisotopic (exact) mass is 675 g/mol. The summed E-state index contributed by atoms with van der Waals surface area (Å²) >= 11 is 0. The number of para-hydroxylation sites is 3. The molecule has 3 nitrogen and oxygen atoms in total. The molecule has 0 bridgehead atoms. The minimum Gasteiger partial charge on any atom is -0.317 e. The summed E-state index contributed by atoms with van der Waals surface area (Å²) in [6, 6.07) is 61.0. The fourth-order valence-electron chi connectivity index (χ4n) is 9.94. The van der Waals surface area contributed by atoms with E-state index in [2.05, 4.69) is 198 Å². The SMILES string of the molecule is C1=CC2N=C(c3ccc(-c4ccc5c(c4)c4cccc6c4n5-c4ccccc4C64c5ccccc5-c5ccccc54)cc3)N(c3ccccc3)C2C=C1. The molecule has 2 unspecified atom stereocenters. The molecule has 0 saturated carbocycles. The summed E-state index contributed by atoms with van der Waals surface area (Å²) in [6.07, 6.45) is 8.72. The number of amidine groups is 1. The first-order valence-electron chi connectivity index (χ1n) is 18.6. The predicted octanol–water partition coefficient (Wildman–Crippen LogP) is 11.3. The van der Waals surface area contributed by atoms with Gasteiger partial charge in [0.25, 0.3) is 0 Å². The van der Waals surface area contributed by atoms with E-state index >= 15 is 0 Å². The van der Waals surface area contributed by atoms with E-state index in [1.165, 1.54) is 72.0 Å². The standard InChI is InChI=1S/C50H33N3/c1-2-13-35(14-3-1)52-47-24-11-9-22-44(47)51-49(52)33-27-25-32(26-28-33)34-29-30-45-39(31-34)38-17-12-21-43-48(38)53(45)46-23-10-8-20-42(46)50(43)40-18-6-4-15-36(40)37-16-5-7-19-41(37)50/h1-31,44,47H. The molecule has 2 aliphatic heterocycles. The Balaban J connectivity index is 1.02. The maximum atomic E-state index is 5.22. The molecular formula is C50H33N3. The Labute approximate surface area is 308 Å². The largest absolute Gasteiger partial charge is 0.317 e. The number of hydrogen-bond acceptors (Lipinski definition) is 2. The molecule has 0 radical (unpaired) electrons. The fraction of sp³-hybridized carbons (Fsp3) is 0.0600. The number of anilines is 1. The quantitative estimate of drug-likeness (QED) is 0.183. The molecule has 8 aromatic rings. The van der Waals surface area contributed by atoms with Gasteiger partial charge >= 0.3 is 0 Å². The van der Waals surface area contributed by atoms with E-state index in [1.54, 1.807) is 0 Å². The first-order valence-corrected chi connectivity index (χ1v) is 18.6. The van der Waals surface area contributed by atoms with Crippen LogP contribution < -0.4 is 4.90 Å². The summed E-state index contributed by atoms with van der Waals surface area (Å²) < 4.78 is 2.52. The maximum Gasteiger partial charge on any atom is 0.136 e. The molecule has 0 amide bonds. The van der Waals surface area contributed by atoms with Crippen molar-refractivity contribution in [2.45, 2.75) is 17.5 Å². The Morgan fingerprint density at radius 3 is 1.92 bits per heavy atom. The normalized spacial score (nSPS) is 18.3. The van der Waals surface area contributed by atoms with Crippen molar-refractivity contribution >= 4 is 33.3 Å². The van der Waals surface area contributed by atoms with Crippen LogP contribution in [0.25, 0.3) is 49.7 Å². The van der Waals surface area contributed by atoms with Crippen LogP contribution >= 0.6 is 0 Å². The van der Waals surface area contributed by atoms with Gasteiger partial charge in [-0.3, -0.25) is 4.99 Å². The summed E-state index contributed by atoms with van der Waals surface area (Å²) in [5.74, 6) is 1.01. The molecule has 53 heavy (non-hydrogen) atoms. The molecule has 12 rings (SSSR count). The van der Waals surface area contributed by atoms with Crippen LogP contribution in [0.15, 0.2) is 193 Å². The molecule has 0 N–H and O–H groups in total. The van der Waals surface area contributed by atoms with E-state index in [4.69, 9.17) is 4.99 Å². The lowest BCUT2D eigenvalue weighted by Crippen LogP contribution is -2.39. The predicted molar refractivity (Wildman–Crippen MR) is 218 cm³/mol. The van der Waals surface area contributed by atoms with Crippen LogP contribution in [0.2, 0.25) is 0 Å². The van der Waals surface area contributed by atoms with Gasteiger partial charge in [0, 0.05) is 22.0 Å². The van der Waals surface area contributed by atoms with Crippen molar-refractivity contribution in [3.63, 3.8) is 0 Å². The molecule has 2 atom stereocenters. The van der Waals surface area contributed by atoms with Crippen LogP contribution in [0.4, 0.5) is 5.69 Å². The third-order valence-corrected chi connectivity index (χ3v) is 12.1. The Kier molecular flexibility index (Phi) is 5.82. The maximum absolute atomic E-state index is 5.22. The van der Waals surface area contributed by atoms with Crippen molar-refractivity contribution in [3.8, 4) is 27.9 Å². The van der Waals surface area contributed by atoms with Crippen LogP contribution in [0.1, 0.15) is 27.8 Å². The van der Waals surface area contributed by atoms with Crippen molar-refractivity contribution in [3.05, 3.63) is 216 Å². The zero-order valence-corrected chi connectivity index (χ0v) is 28.9. The molecule has 4 aliphatic rings. The summed E-state index contributed by atoms with van der Waals surface area (Å²) in [5, 5.41) is 2.56. The van der Waals surface area contributed by atoms with Gasteiger partial charge in [0.1, 0.15) is 5.84 Å². The number of aromatic nitrogens is 1. The number of allylic oxidation sites excluding steroid dienone is 2. The van der Waals surface area contributed by atoms with E-state index < -0.39 is 5.41 Å². The molecule has 7 aromatic carbocycles. The zero-order valence-electron chi connectivity index (χ0n) is 28.9. The van der Waals surface area contributed by atoms with Gasteiger partial charge in [0.05, 0.1) is 34.2 Å². The van der Waals surface area contributed by atoms with Gasteiger partial charge in [-0.15, -0.1) is 0 Å². The Bertz CT molecular complexity index is 2860. The molecule has 1 spiro atoms. The molecule has 3 heteroatoms. The van der Waals surface area contributed by atoms with Crippen LogP contribution in [-0.4, -0.2) is 22.5 Å². The highest BCUT2D eigenvalue weighted by molar-refractivity contribution is 6.14. The summed E-state index contributed by atoms with van der Waals surface area (Å²) in [4.78, 5) is 7.60. The second-order valence-corrected chi connectivity index (χ2v) is 14.6. The lowest BCUT2D eigenvalue weighted by molar-refractivity contribution is 0.739. The minimum atomic E-state index is -0.397. The number of benzene rings is 7. The van der Waals surface area contributed by atoms with Crippen LogP contribution in [-0.2, 0) is 5.41 Å². The van der Waals surface area contributed by atoms with E-state index in [9.17, 15) is 0 Å². The van der Waals surface area contributed by atoms with Gasteiger partial charge < -0.3 is 9.47 Å². The van der Waals surface area contributed by atoms with Crippen molar-refractivity contribution in [2.24, 2.45) is 4.99 Å². The molecular weight excluding hydrogens is 643 g/mol. The van der Waals surface area contributed by atoms with Crippen molar-refractivity contribution < 1.29 is 0 Å². The average Bonchev–Trinajstić information content (AvgIpc) is 3.88. The van der Waals surface area contributed by atoms with E-state index in [0.717, 1.165) is 17.1 Å². The molecule has 248 valence electrons. The number of rotatable bonds is 3. The van der Waals surface area contributed by atoms with Crippen molar-refractivity contribution in [1.29, 1.82) is 0 Å². The second-order valence-electron chi connectivity index (χ2n) is 14.6. The smallest absolute Gasteiger partial charge is 0.136 e. The van der Waals surface area contributed by atoms with Crippen LogP contribution in [0.5, 0.6) is 0 Å². The summed E-state index contributed by atoms with van der Waals surface area (Å²) in [6.45, 7) is 0. The molecule has 0 saturated heterocycles. The zero-order chi connectivity index (χ0) is 34.7. The van der Waals surface area contributed by atoms with Gasteiger partial charge in [-0.1, -0.05) is 158 Å². The molecule has 1 aromatic heterocycles. The van der Waals surface area contributed by atoms with Gasteiger partial charge in [-0.2, -0.15) is 0 Å². The van der Waals surface area contributed by atoms with Crippen LogP contribution in [0.3, 0.4) is 0 Å². The Morgan fingerprint density at radius 1 is 0.491 bits per heavy atom. The summed E-state index contributed by atoms with van der Waals surface area (Å²) in [7, 11) is 0. The topological polar surface area (TPSA) is 20.5 Å². The van der Waals surface area contributed by atoms with Gasteiger partial charge in [-0.25, -0.2) is 0 Å². The highest BCUT2D eigenvalue weighted by Crippen LogP contribution is 2.60. The number of aliphatic imine (C=N–C) groups is 1. The Hall–Kier alpha value is -6.71. The van der Waals surface area contributed by atoms with Gasteiger partial charge in [0.15, 0.2) is 0 Å². The van der Waals surface area contributed by atoms with Crippen molar-refractivity contribution in [2.75, 3.05) is 4.90 Å². The van der Waals surface area contributed by atoms with Gasteiger partial charge in [0.2, 0.25) is 0 Å². The van der Waals surface area contributed by atoms with E-state index in [0.29, 0.717) is 0 Å². The first kappa shape index (κ1) is 28.9. The molecule has 2 aliphatic carbocycles. The fourth-order valence-corrected chi connectivity index (χ4v) is 9.94. The lowest BCUT2D eigenvalue weighted by atomic mass is 9.65. The number of fused-ring (bicyclic) bond motifs is 13. The second kappa shape index (κ2) is 10.7. The third-order valence-electron chi connectivity index (χ3n) is 12.1. The summed E-state index contributed by atoms with van der Waals surface area (Å²) in [5.41, 5.74) is 16.1. The third kappa shape index (κ3) is 3.76. The van der Waals surface area contributed by atoms with E-state index in [1.807, 2.05) is 0 Å². The molecule has 0 fully saturated rings. The van der Waals surface area contributed by atoms with Crippen LogP contribution in [0, 0.1) is 0 Å². The van der Waals surface area contributed by atoms with Gasteiger partial charge in [-0.05, 0) is 74.8 Å². The highest BCUT2D eigenvalue weighted by Gasteiger charge is 2.50. The number of nitrogens with zero attached hydrogens (tertiary/aromatic N) is 3. The highest BCUT2D eigenvalue weighted by atomic mass is 15.3. The Morgan fingerprint density at radius 2 is 1.13 bits per heavy atom. The average molecular weight is 676 g/mol. The number of hydrogen-bond donors (Lipinski definition) is 0. The lowest BCUT2D eigenvalue weighted by Gasteiger charge is -2.39. The van der Waals surface area contributed by atoms with E-state index in [-0.39, 0.29) is 12.1 Å². The molecule has 3 heterocycles. The first-order chi connectivity index (χ1) is 26.3. The minimum absolute atomic E-state index is 0.109. The van der Waals surface area contributed by atoms with Crippen molar-refractivity contribution in [1.82, 2.24) is 4.57 Å².